The van der Waals surface area contributed by atoms with E-state index in [1.165, 1.54) is 10.7 Å². The Kier molecular flexibility index (Phi) is 4.59. The van der Waals surface area contributed by atoms with Gasteiger partial charge < -0.3 is 5.32 Å². The summed E-state index contributed by atoms with van der Waals surface area (Å²) < 4.78 is 16.9. The van der Waals surface area contributed by atoms with Crippen molar-refractivity contribution in [3.63, 3.8) is 0 Å². The molecule has 8 heteroatoms. The van der Waals surface area contributed by atoms with Gasteiger partial charge in [-0.15, -0.1) is 0 Å². The lowest BCUT2D eigenvalue weighted by molar-refractivity contribution is 0.102. The Labute approximate surface area is 149 Å². The normalized spacial score (nSPS) is 10.9. The van der Waals surface area contributed by atoms with E-state index in [1.807, 2.05) is 6.92 Å². The van der Waals surface area contributed by atoms with Crippen LogP contribution in [0.4, 0.5) is 10.2 Å². The number of nitrogens with zero attached hydrogens (tertiary/aromatic N) is 4. The molecule has 130 valence electrons. The van der Waals surface area contributed by atoms with Gasteiger partial charge in [0.1, 0.15) is 10.8 Å². The molecule has 3 aromatic rings. The van der Waals surface area contributed by atoms with Gasteiger partial charge in [0.05, 0.1) is 17.8 Å². The third-order valence-electron chi connectivity index (χ3n) is 3.98. The molecule has 0 aliphatic carbocycles. The molecule has 0 spiro atoms. The SMILES string of the molecule is Cc1nn(C)c(C)c1C(=O)Nc1nn(Cc2ccccc2F)cc1Cl. The van der Waals surface area contributed by atoms with Crippen molar-refractivity contribution in [2.24, 2.45) is 7.05 Å². The van der Waals surface area contributed by atoms with Crippen LogP contribution in [-0.2, 0) is 13.6 Å². The summed E-state index contributed by atoms with van der Waals surface area (Å²) in [4.78, 5) is 12.5. The Balaban J connectivity index is 1.81. The molecule has 0 atom stereocenters. The number of carbonyl (C=O) groups excluding carboxylic acids is 1. The fourth-order valence-electron chi connectivity index (χ4n) is 2.64. The standard InChI is InChI=1S/C17H17ClFN5O/c1-10-15(11(2)23(3)21-10)17(25)20-16-13(18)9-24(22-16)8-12-6-4-5-7-14(12)19/h4-7,9H,8H2,1-3H3,(H,20,22,25). The van der Waals surface area contributed by atoms with Gasteiger partial charge in [0.25, 0.3) is 5.91 Å². The molecule has 0 bridgehead atoms. The van der Waals surface area contributed by atoms with Crippen LogP contribution in [0.25, 0.3) is 0 Å². The molecular formula is C17H17ClFN5O. The number of nitrogens with one attached hydrogen (secondary N) is 1. The zero-order valence-corrected chi connectivity index (χ0v) is 14.8. The van der Waals surface area contributed by atoms with Crippen LogP contribution in [0.15, 0.2) is 30.5 Å². The summed E-state index contributed by atoms with van der Waals surface area (Å²) in [5, 5.41) is 11.4. The number of halogens is 2. The van der Waals surface area contributed by atoms with E-state index in [9.17, 15) is 9.18 Å². The predicted octanol–water partition coefficient (Wildman–Crippen LogP) is 3.33. The largest absolute Gasteiger partial charge is 0.304 e. The van der Waals surface area contributed by atoms with Gasteiger partial charge in [0.15, 0.2) is 5.82 Å². The summed E-state index contributed by atoms with van der Waals surface area (Å²) in [6, 6.07) is 6.43. The van der Waals surface area contributed by atoms with Crippen molar-refractivity contribution in [1.82, 2.24) is 19.6 Å². The highest BCUT2D eigenvalue weighted by molar-refractivity contribution is 6.33. The monoisotopic (exact) mass is 361 g/mol. The number of carbonyl (C=O) groups is 1. The molecule has 25 heavy (non-hydrogen) atoms. The third-order valence-corrected chi connectivity index (χ3v) is 4.25. The molecule has 0 fully saturated rings. The number of benzene rings is 1. The maximum Gasteiger partial charge on any atom is 0.260 e. The first kappa shape index (κ1) is 17.2. The minimum absolute atomic E-state index is 0.215. The highest BCUT2D eigenvalue weighted by atomic mass is 35.5. The second-order valence-corrected chi connectivity index (χ2v) is 6.15. The third kappa shape index (κ3) is 3.41. The van der Waals surface area contributed by atoms with Crippen molar-refractivity contribution >= 4 is 23.3 Å². The van der Waals surface area contributed by atoms with Gasteiger partial charge in [-0.25, -0.2) is 4.39 Å². The summed E-state index contributed by atoms with van der Waals surface area (Å²) >= 11 is 6.15. The van der Waals surface area contributed by atoms with E-state index < -0.39 is 0 Å². The van der Waals surface area contributed by atoms with Crippen LogP contribution < -0.4 is 5.32 Å². The highest BCUT2D eigenvalue weighted by Crippen LogP contribution is 2.22. The second-order valence-electron chi connectivity index (χ2n) is 5.74. The summed E-state index contributed by atoms with van der Waals surface area (Å²) in [6.07, 6.45) is 1.55. The Morgan fingerprint density at radius 1 is 1.28 bits per heavy atom. The van der Waals surface area contributed by atoms with Crippen LogP contribution in [0, 0.1) is 19.7 Å². The van der Waals surface area contributed by atoms with Crippen LogP contribution in [0.3, 0.4) is 0 Å². The van der Waals surface area contributed by atoms with Crippen molar-refractivity contribution in [2.75, 3.05) is 5.32 Å². The van der Waals surface area contributed by atoms with Crippen molar-refractivity contribution in [1.29, 1.82) is 0 Å². The lowest BCUT2D eigenvalue weighted by Gasteiger charge is -2.04. The van der Waals surface area contributed by atoms with E-state index in [0.717, 1.165) is 5.69 Å². The molecule has 0 radical (unpaired) electrons. The highest BCUT2D eigenvalue weighted by Gasteiger charge is 2.19. The van der Waals surface area contributed by atoms with Gasteiger partial charge in [-0.3, -0.25) is 14.2 Å². The molecule has 6 nitrogen and oxygen atoms in total. The number of aryl methyl sites for hydroxylation is 2. The molecule has 0 aliphatic heterocycles. The number of hydrogen-bond donors (Lipinski definition) is 1. The second kappa shape index (κ2) is 6.68. The molecule has 2 aromatic heterocycles. The number of hydrogen-bond acceptors (Lipinski definition) is 3. The van der Waals surface area contributed by atoms with Crippen molar-refractivity contribution in [3.05, 3.63) is 63.8 Å². The molecule has 0 saturated heterocycles. The molecule has 0 aliphatic rings. The first-order chi connectivity index (χ1) is 11.9. The molecule has 2 heterocycles. The van der Waals surface area contributed by atoms with Crippen LogP contribution in [0.1, 0.15) is 27.3 Å². The molecule has 1 amide bonds. The number of amides is 1. The van der Waals surface area contributed by atoms with E-state index in [2.05, 4.69) is 15.5 Å². The lowest BCUT2D eigenvalue weighted by Crippen LogP contribution is -2.15. The van der Waals surface area contributed by atoms with Crippen LogP contribution in [-0.4, -0.2) is 25.5 Å². The molecule has 3 rings (SSSR count). The number of anilines is 1. The molecule has 0 unspecified atom stereocenters. The zero-order valence-electron chi connectivity index (χ0n) is 14.0. The van der Waals surface area contributed by atoms with Gasteiger partial charge in [-0.1, -0.05) is 29.8 Å². The first-order valence-electron chi connectivity index (χ1n) is 7.64. The van der Waals surface area contributed by atoms with E-state index in [4.69, 9.17) is 11.6 Å². The topological polar surface area (TPSA) is 64.7 Å². The summed E-state index contributed by atoms with van der Waals surface area (Å²) in [7, 11) is 1.77. The Bertz CT molecular complexity index is 947. The van der Waals surface area contributed by atoms with Gasteiger partial charge >= 0.3 is 0 Å². The summed E-state index contributed by atoms with van der Waals surface area (Å²) in [5.74, 6) is -0.423. The maximum absolute atomic E-state index is 13.8. The Hall–Kier alpha value is -2.67. The summed E-state index contributed by atoms with van der Waals surface area (Å²) in [6.45, 7) is 3.79. The van der Waals surface area contributed by atoms with E-state index in [1.54, 1.807) is 43.0 Å². The van der Waals surface area contributed by atoms with Crippen LogP contribution in [0.5, 0.6) is 0 Å². The number of rotatable bonds is 4. The molecule has 0 saturated carbocycles. The molecular weight excluding hydrogens is 345 g/mol. The number of aromatic nitrogens is 4. The minimum atomic E-state index is -0.332. The predicted molar refractivity (Wildman–Crippen MR) is 93.4 cm³/mol. The van der Waals surface area contributed by atoms with Crippen molar-refractivity contribution in [3.8, 4) is 0 Å². The van der Waals surface area contributed by atoms with Crippen molar-refractivity contribution in [2.45, 2.75) is 20.4 Å². The molecule has 1 N–H and O–H groups in total. The quantitative estimate of drug-likeness (QED) is 0.775. The Morgan fingerprint density at radius 2 is 2.00 bits per heavy atom. The Morgan fingerprint density at radius 3 is 2.64 bits per heavy atom. The minimum Gasteiger partial charge on any atom is -0.304 e. The van der Waals surface area contributed by atoms with E-state index in [0.29, 0.717) is 16.8 Å². The van der Waals surface area contributed by atoms with Crippen molar-refractivity contribution < 1.29 is 9.18 Å². The lowest BCUT2D eigenvalue weighted by atomic mass is 10.2. The van der Waals surface area contributed by atoms with E-state index >= 15 is 0 Å². The van der Waals surface area contributed by atoms with E-state index in [-0.39, 0.29) is 29.1 Å². The first-order valence-corrected chi connectivity index (χ1v) is 8.02. The zero-order chi connectivity index (χ0) is 18.1. The van der Waals surface area contributed by atoms with Gasteiger partial charge in [0.2, 0.25) is 0 Å². The smallest absolute Gasteiger partial charge is 0.260 e. The van der Waals surface area contributed by atoms with Crippen LogP contribution >= 0.6 is 11.6 Å². The average molecular weight is 362 g/mol. The molecule has 1 aromatic carbocycles. The van der Waals surface area contributed by atoms with Gasteiger partial charge in [0, 0.05) is 24.5 Å². The fourth-order valence-corrected chi connectivity index (χ4v) is 2.83. The average Bonchev–Trinajstić information content (AvgIpc) is 3.01. The van der Waals surface area contributed by atoms with Gasteiger partial charge in [-0.05, 0) is 19.9 Å². The van der Waals surface area contributed by atoms with Gasteiger partial charge in [-0.2, -0.15) is 10.2 Å². The van der Waals surface area contributed by atoms with Crippen LogP contribution in [0.2, 0.25) is 5.02 Å². The fraction of sp³-hybridized carbons (Fsp3) is 0.235. The summed E-state index contributed by atoms with van der Waals surface area (Å²) in [5.41, 5.74) is 2.34. The maximum atomic E-state index is 13.8.